The van der Waals surface area contributed by atoms with E-state index in [-0.39, 0.29) is 17.1 Å². The lowest BCUT2D eigenvalue weighted by molar-refractivity contribution is 0.396. The van der Waals surface area contributed by atoms with E-state index in [9.17, 15) is 8.78 Å². The number of aromatic nitrogens is 1. The smallest absolute Gasteiger partial charge is 0.256 e. The van der Waals surface area contributed by atoms with Crippen LogP contribution in [0.1, 0.15) is 32.0 Å². The lowest BCUT2D eigenvalue weighted by Crippen LogP contribution is -2.18. The van der Waals surface area contributed by atoms with Crippen molar-refractivity contribution in [2.24, 2.45) is 0 Å². The molecule has 20 heavy (non-hydrogen) atoms. The van der Waals surface area contributed by atoms with Crippen LogP contribution in [0.4, 0.5) is 8.78 Å². The van der Waals surface area contributed by atoms with Gasteiger partial charge < -0.3 is 4.74 Å². The van der Waals surface area contributed by atoms with Crippen LogP contribution in [0.15, 0.2) is 30.3 Å². The first-order valence-electron chi connectivity index (χ1n) is 6.39. The number of nitrogens with zero attached hydrogens (tertiary/aromatic N) is 1. The molecule has 0 radical (unpaired) electrons. The number of halogens is 2. The topological polar surface area (TPSA) is 22.1 Å². The zero-order valence-corrected chi connectivity index (χ0v) is 12.0. The molecule has 0 saturated heterocycles. The van der Waals surface area contributed by atoms with Crippen molar-refractivity contribution in [2.45, 2.75) is 33.1 Å². The van der Waals surface area contributed by atoms with Gasteiger partial charge in [-0.2, -0.15) is 0 Å². The molecule has 0 aliphatic heterocycles. The Labute approximate surface area is 117 Å². The van der Waals surface area contributed by atoms with Crippen molar-refractivity contribution in [1.29, 1.82) is 0 Å². The van der Waals surface area contributed by atoms with Gasteiger partial charge in [0.15, 0.2) is 11.6 Å². The van der Waals surface area contributed by atoms with E-state index in [1.54, 1.807) is 24.3 Å². The summed E-state index contributed by atoms with van der Waals surface area (Å²) < 4.78 is 33.6. The number of benzene rings is 1. The molecule has 1 heterocycles. The lowest BCUT2D eigenvalue weighted by atomic mass is 9.90. The Morgan fingerprint density at radius 3 is 2.15 bits per heavy atom. The predicted molar refractivity (Wildman–Crippen MR) is 74.1 cm³/mol. The molecular formula is C16H17F2NO. The minimum atomic E-state index is -0.764. The van der Waals surface area contributed by atoms with E-state index in [0.29, 0.717) is 5.75 Å². The van der Waals surface area contributed by atoms with Crippen molar-refractivity contribution in [1.82, 2.24) is 4.98 Å². The fourth-order valence-electron chi connectivity index (χ4n) is 1.80. The minimum Gasteiger partial charge on any atom is -0.436 e. The van der Waals surface area contributed by atoms with Crippen LogP contribution >= 0.6 is 0 Å². The largest absolute Gasteiger partial charge is 0.436 e. The third-order valence-corrected chi connectivity index (χ3v) is 2.94. The molecule has 2 aromatic rings. The van der Waals surface area contributed by atoms with Gasteiger partial charge in [-0.15, -0.1) is 0 Å². The number of pyridine rings is 1. The van der Waals surface area contributed by atoms with Crippen molar-refractivity contribution in [3.63, 3.8) is 0 Å². The van der Waals surface area contributed by atoms with Crippen molar-refractivity contribution in [3.8, 4) is 11.6 Å². The average Bonchev–Trinajstić information content (AvgIpc) is 2.39. The van der Waals surface area contributed by atoms with Gasteiger partial charge in [-0.05, 0) is 19.1 Å². The Morgan fingerprint density at radius 2 is 1.60 bits per heavy atom. The highest BCUT2D eigenvalue weighted by atomic mass is 19.1. The summed E-state index contributed by atoms with van der Waals surface area (Å²) in [6.07, 6.45) is 0. The summed E-state index contributed by atoms with van der Waals surface area (Å²) in [4.78, 5) is 4.03. The maximum atomic E-state index is 14.1. The average molecular weight is 277 g/mol. The quantitative estimate of drug-likeness (QED) is 0.789. The van der Waals surface area contributed by atoms with Crippen LogP contribution in [0.25, 0.3) is 0 Å². The van der Waals surface area contributed by atoms with Gasteiger partial charge in [0.1, 0.15) is 5.75 Å². The Kier molecular flexibility index (Phi) is 3.75. The van der Waals surface area contributed by atoms with Crippen molar-refractivity contribution >= 4 is 0 Å². The Hall–Kier alpha value is -1.97. The molecule has 0 bridgehead atoms. The lowest BCUT2D eigenvalue weighted by Gasteiger charge is -2.21. The van der Waals surface area contributed by atoms with E-state index in [1.165, 1.54) is 6.92 Å². The second-order valence-electron chi connectivity index (χ2n) is 5.68. The fourth-order valence-corrected chi connectivity index (χ4v) is 1.80. The Bertz CT molecular complexity index is 619. The molecule has 0 fully saturated rings. The fraction of sp³-hybridized carbons (Fsp3) is 0.312. The molecule has 1 aromatic heterocycles. The molecule has 0 atom stereocenters. The van der Waals surface area contributed by atoms with Gasteiger partial charge in [0.05, 0.1) is 5.69 Å². The number of ether oxygens (including phenoxy) is 1. The summed E-state index contributed by atoms with van der Waals surface area (Å²) in [5.74, 6) is -1.11. The zero-order valence-electron chi connectivity index (χ0n) is 12.0. The molecule has 4 heteroatoms. The second kappa shape index (κ2) is 5.19. The first-order valence-corrected chi connectivity index (χ1v) is 6.39. The molecular weight excluding hydrogens is 260 g/mol. The van der Waals surface area contributed by atoms with Crippen LogP contribution in [-0.2, 0) is 5.41 Å². The summed E-state index contributed by atoms with van der Waals surface area (Å²) in [7, 11) is 0. The van der Waals surface area contributed by atoms with Crippen LogP contribution in [0.3, 0.4) is 0 Å². The van der Waals surface area contributed by atoms with Gasteiger partial charge in [-0.1, -0.05) is 39.0 Å². The Balaban J connectivity index is 2.51. The molecule has 2 nitrogen and oxygen atoms in total. The summed E-state index contributed by atoms with van der Waals surface area (Å²) in [5.41, 5.74) is -0.407. The summed E-state index contributed by atoms with van der Waals surface area (Å²) >= 11 is 0. The van der Waals surface area contributed by atoms with E-state index >= 15 is 0 Å². The molecule has 2 rings (SSSR count). The third-order valence-electron chi connectivity index (χ3n) is 2.94. The molecule has 0 aliphatic carbocycles. The van der Waals surface area contributed by atoms with Crippen molar-refractivity contribution in [2.75, 3.05) is 0 Å². The van der Waals surface area contributed by atoms with Gasteiger partial charge in [-0.25, -0.2) is 13.8 Å². The monoisotopic (exact) mass is 277 g/mol. The molecule has 0 N–H and O–H groups in total. The molecule has 1 aromatic carbocycles. The molecule has 0 amide bonds. The van der Waals surface area contributed by atoms with Gasteiger partial charge in [0.2, 0.25) is 0 Å². The standard InChI is InChI=1S/C16H17F2NO/c1-10-12(17)14(16(2,3)4)19-15(13(10)18)20-11-8-6-5-7-9-11/h5-9H,1-4H3. The van der Waals surface area contributed by atoms with E-state index in [4.69, 9.17) is 4.74 Å². The number of rotatable bonds is 2. The van der Waals surface area contributed by atoms with E-state index in [1.807, 2.05) is 26.8 Å². The van der Waals surface area contributed by atoms with Gasteiger partial charge in [0, 0.05) is 11.0 Å². The molecule has 0 spiro atoms. The second-order valence-corrected chi connectivity index (χ2v) is 5.68. The van der Waals surface area contributed by atoms with Crippen LogP contribution in [0.5, 0.6) is 11.6 Å². The van der Waals surface area contributed by atoms with Crippen LogP contribution in [-0.4, -0.2) is 4.98 Å². The van der Waals surface area contributed by atoms with Gasteiger partial charge >= 0.3 is 0 Å². The van der Waals surface area contributed by atoms with E-state index in [2.05, 4.69) is 4.98 Å². The first-order chi connectivity index (χ1) is 9.30. The molecule has 106 valence electrons. The summed E-state index contributed by atoms with van der Waals surface area (Å²) in [5, 5.41) is 0. The number of hydrogen-bond acceptors (Lipinski definition) is 2. The summed E-state index contributed by atoms with van der Waals surface area (Å²) in [6.45, 7) is 6.85. The number of hydrogen-bond donors (Lipinski definition) is 0. The van der Waals surface area contributed by atoms with Gasteiger partial charge in [-0.3, -0.25) is 0 Å². The van der Waals surface area contributed by atoms with Crippen LogP contribution in [0, 0.1) is 18.6 Å². The Morgan fingerprint density at radius 1 is 1.00 bits per heavy atom. The van der Waals surface area contributed by atoms with E-state index in [0.717, 1.165) is 0 Å². The highest BCUT2D eigenvalue weighted by Gasteiger charge is 2.26. The molecule has 0 aliphatic rings. The maximum Gasteiger partial charge on any atom is 0.256 e. The van der Waals surface area contributed by atoms with Crippen molar-refractivity contribution < 1.29 is 13.5 Å². The molecule has 0 saturated carbocycles. The van der Waals surface area contributed by atoms with E-state index < -0.39 is 17.0 Å². The molecule has 0 unspecified atom stereocenters. The van der Waals surface area contributed by atoms with Crippen molar-refractivity contribution in [3.05, 3.63) is 53.2 Å². The van der Waals surface area contributed by atoms with Gasteiger partial charge in [0.25, 0.3) is 5.88 Å². The van der Waals surface area contributed by atoms with Crippen LogP contribution in [0.2, 0.25) is 0 Å². The zero-order chi connectivity index (χ0) is 14.9. The normalized spacial score (nSPS) is 11.5. The SMILES string of the molecule is Cc1c(F)c(Oc2ccccc2)nc(C(C)(C)C)c1F. The highest BCUT2D eigenvalue weighted by Crippen LogP contribution is 2.32. The predicted octanol–water partition coefficient (Wildman–Crippen LogP) is 4.76. The highest BCUT2D eigenvalue weighted by molar-refractivity contribution is 5.34. The first kappa shape index (κ1) is 14.4. The van der Waals surface area contributed by atoms with Crippen LogP contribution < -0.4 is 4.74 Å². The minimum absolute atomic E-state index is 0.0733. The third kappa shape index (κ3) is 2.79. The maximum absolute atomic E-state index is 14.1. The summed E-state index contributed by atoms with van der Waals surface area (Å²) in [6, 6.07) is 8.75. The number of para-hydroxylation sites is 1.